The van der Waals surface area contributed by atoms with E-state index in [-0.39, 0.29) is 11.4 Å². The molecule has 2 rings (SSSR count). The van der Waals surface area contributed by atoms with Crippen molar-refractivity contribution in [3.05, 3.63) is 56.5 Å². The molecule has 2 aromatic rings. The van der Waals surface area contributed by atoms with Crippen molar-refractivity contribution in [3.63, 3.8) is 0 Å². The zero-order valence-corrected chi connectivity index (χ0v) is 15.2. The molecule has 0 saturated carbocycles. The fourth-order valence-electron chi connectivity index (χ4n) is 1.81. The molecule has 21 heavy (non-hydrogen) atoms. The number of nitrogens with one attached hydrogen (secondary N) is 1. The normalized spacial score (nSPS) is 11.6. The van der Waals surface area contributed by atoms with E-state index in [9.17, 15) is 8.42 Å². The van der Waals surface area contributed by atoms with Crippen LogP contribution in [0.5, 0.6) is 0 Å². The van der Waals surface area contributed by atoms with Crippen molar-refractivity contribution in [2.45, 2.75) is 18.4 Å². The second-order valence-electron chi connectivity index (χ2n) is 4.57. The summed E-state index contributed by atoms with van der Waals surface area (Å²) < 4.78 is 29.0. The fraction of sp³-hybridized carbons (Fsp3) is 0.143. The number of nitrogens with two attached hydrogens (primary N) is 1. The number of anilines is 1. The second kappa shape index (κ2) is 6.48. The van der Waals surface area contributed by atoms with E-state index in [1.54, 1.807) is 19.1 Å². The van der Waals surface area contributed by atoms with Crippen molar-refractivity contribution in [2.24, 2.45) is 0 Å². The van der Waals surface area contributed by atoms with E-state index in [2.05, 4.69) is 36.6 Å². The van der Waals surface area contributed by atoms with E-state index in [0.717, 1.165) is 10.0 Å². The lowest BCUT2D eigenvalue weighted by atomic mass is 10.2. The van der Waals surface area contributed by atoms with Crippen LogP contribution in [0.1, 0.15) is 11.1 Å². The van der Waals surface area contributed by atoms with Crippen molar-refractivity contribution in [1.82, 2.24) is 4.72 Å². The highest BCUT2D eigenvalue weighted by Gasteiger charge is 2.18. The fourth-order valence-corrected chi connectivity index (χ4v) is 4.02. The zero-order valence-electron chi connectivity index (χ0n) is 11.2. The van der Waals surface area contributed by atoms with Crippen LogP contribution in [0.15, 0.2) is 50.2 Å². The molecule has 0 spiro atoms. The molecule has 2 aromatic carbocycles. The SMILES string of the molecule is Cc1c(N)cc(Br)cc1S(=O)(=O)NCc1ccc(Br)cc1. The number of hydrogen-bond acceptors (Lipinski definition) is 3. The lowest BCUT2D eigenvalue weighted by Crippen LogP contribution is -2.24. The molecule has 3 N–H and O–H groups in total. The summed E-state index contributed by atoms with van der Waals surface area (Å²) in [7, 11) is -3.62. The van der Waals surface area contributed by atoms with E-state index in [4.69, 9.17) is 5.73 Å². The molecule has 0 heterocycles. The molecular formula is C14H14Br2N2O2S. The Bertz CT molecular complexity index is 759. The van der Waals surface area contributed by atoms with Gasteiger partial charge in [0.2, 0.25) is 10.0 Å². The Balaban J connectivity index is 2.25. The lowest BCUT2D eigenvalue weighted by Gasteiger charge is -2.12. The molecule has 4 nitrogen and oxygen atoms in total. The minimum Gasteiger partial charge on any atom is -0.398 e. The Kier molecular flexibility index (Phi) is 5.08. The van der Waals surface area contributed by atoms with E-state index >= 15 is 0 Å². The van der Waals surface area contributed by atoms with Crippen molar-refractivity contribution < 1.29 is 8.42 Å². The highest BCUT2D eigenvalue weighted by molar-refractivity contribution is 9.10. The third-order valence-electron chi connectivity index (χ3n) is 3.03. The van der Waals surface area contributed by atoms with Gasteiger partial charge in [0.05, 0.1) is 4.90 Å². The Morgan fingerprint density at radius 1 is 1.10 bits per heavy atom. The average Bonchev–Trinajstić information content (AvgIpc) is 2.42. The van der Waals surface area contributed by atoms with Gasteiger partial charge in [-0.1, -0.05) is 44.0 Å². The quantitative estimate of drug-likeness (QED) is 0.723. The molecule has 0 aliphatic rings. The van der Waals surface area contributed by atoms with Gasteiger partial charge in [-0.3, -0.25) is 0 Å². The minimum atomic E-state index is -3.62. The van der Waals surface area contributed by atoms with E-state index in [0.29, 0.717) is 15.7 Å². The summed E-state index contributed by atoms with van der Waals surface area (Å²) in [6.07, 6.45) is 0. The summed E-state index contributed by atoms with van der Waals surface area (Å²) in [6, 6.07) is 10.7. The summed E-state index contributed by atoms with van der Waals surface area (Å²) in [5.74, 6) is 0. The highest BCUT2D eigenvalue weighted by Crippen LogP contribution is 2.26. The van der Waals surface area contributed by atoms with Crippen LogP contribution < -0.4 is 10.5 Å². The maximum atomic E-state index is 12.4. The largest absolute Gasteiger partial charge is 0.398 e. The average molecular weight is 434 g/mol. The molecule has 0 radical (unpaired) electrons. The first-order valence-electron chi connectivity index (χ1n) is 6.09. The van der Waals surface area contributed by atoms with Gasteiger partial charge in [0.1, 0.15) is 0 Å². The molecule has 0 aliphatic carbocycles. The monoisotopic (exact) mass is 432 g/mol. The number of halogens is 2. The van der Waals surface area contributed by atoms with Gasteiger partial charge in [-0.2, -0.15) is 0 Å². The van der Waals surface area contributed by atoms with Crippen molar-refractivity contribution >= 4 is 47.6 Å². The number of hydrogen-bond donors (Lipinski definition) is 2. The Morgan fingerprint density at radius 3 is 2.33 bits per heavy atom. The second-order valence-corrected chi connectivity index (χ2v) is 8.14. The topological polar surface area (TPSA) is 72.2 Å². The third-order valence-corrected chi connectivity index (χ3v) is 5.55. The number of nitrogen functional groups attached to an aromatic ring is 1. The smallest absolute Gasteiger partial charge is 0.241 e. The predicted octanol–water partition coefficient (Wildman–Crippen LogP) is 3.58. The zero-order chi connectivity index (χ0) is 15.6. The molecule has 0 aliphatic heterocycles. The summed E-state index contributed by atoms with van der Waals surface area (Å²) in [5, 5.41) is 0. The molecule has 112 valence electrons. The van der Waals surface area contributed by atoms with Gasteiger partial charge in [0.15, 0.2) is 0 Å². The van der Waals surface area contributed by atoms with Gasteiger partial charge >= 0.3 is 0 Å². The number of benzene rings is 2. The predicted molar refractivity (Wildman–Crippen MR) is 91.5 cm³/mol. The van der Waals surface area contributed by atoms with Crippen LogP contribution in [0.4, 0.5) is 5.69 Å². The maximum absolute atomic E-state index is 12.4. The van der Waals surface area contributed by atoms with Gasteiger partial charge in [-0.05, 0) is 42.3 Å². The molecule has 0 unspecified atom stereocenters. The Labute approximate surface area is 141 Å². The van der Waals surface area contributed by atoms with Crippen LogP contribution in [0.3, 0.4) is 0 Å². The first-order chi connectivity index (χ1) is 9.79. The van der Waals surface area contributed by atoms with Crippen LogP contribution in [-0.4, -0.2) is 8.42 Å². The molecule has 0 atom stereocenters. The van der Waals surface area contributed by atoms with Crippen molar-refractivity contribution in [3.8, 4) is 0 Å². The molecule has 0 fully saturated rings. The van der Waals surface area contributed by atoms with Crippen molar-refractivity contribution in [2.75, 3.05) is 5.73 Å². The van der Waals surface area contributed by atoms with E-state index < -0.39 is 10.0 Å². The van der Waals surface area contributed by atoms with Gasteiger partial charge in [0, 0.05) is 21.2 Å². The summed E-state index contributed by atoms with van der Waals surface area (Å²) in [4.78, 5) is 0.187. The van der Waals surface area contributed by atoms with Gasteiger partial charge in [0.25, 0.3) is 0 Å². The van der Waals surface area contributed by atoms with Gasteiger partial charge in [-0.15, -0.1) is 0 Å². The maximum Gasteiger partial charge on any atom is 0.241 e. The van der Waals surface area contributed by atoms with Crippen molar-refractivity contribution in [1.29, 1.82) is 0 Å². The van der Waals surface area contributed by atoms with Crippen LogP contribution >= 0.6 is 31.9 Å². The van der Waals surface area contributed by atoms with Crippen LogP contribution in [0.25, 0.3) is 0 Å². The summed E-state index contributed by atoms with van der Waals surface area (Å²) in [6.45, 7) is 1.91. The Morgan fingerprint density at radius 2 is 1.71 bits per heavy atom. The van der Waals surface area contributed by atoms with Crippen LogP contribution in [0, 0.1) is 6.92 Å². The standard InChI is InChI=1S/C14H14Br2N2O2S/c1-9-13(17)6-12(16)7-14(9)21(19,20)18-8-10-2-4-11(15)5-3-10/h2-7,18H,8,17H2,1H3. The molecular weight excluding hydrogens is 420 g/mol. The molecule has 0 aromatic heterocycles. The van der Waals surface area contributed by atoms with E-state index in [1.165, 1.54) is 0 Å². The lowest BCUT2D eigenvalue weighted by molar-refractivity contribution is 0.580. The molecule has 0 amide bonds. The number of sulfonamides is 1. The number of rotatable bonds is 4. The van der Waals surface area contributed by atoms with Gasteiger partial charge < -0.3 is 5.73 Å². The van der Waals surface area contributed by atoms with Gasteiger partial charge in [-0.25, -0.2) is 13.1 Å². The summed E-state index contributed by atoms with van der Waals surface area (Å²) >= 11 is 6.61. The molecule has 0 saturated heterocycles. The first kappa shape index (κ1) is 16.5. The first-order valence-corrected chi connectivity index (χ1v) is 9.16. The Hall–Kier alpha value is -0.890. The highest BCUT2D eigenvalue weighted by atomic mass is 79.9. The van der Waals surface area contributed by atoms with E-state index in [1.807, 2.05) is 24.3 Å². The minimum absolute atomic E-state index is 0.187. The molecule has 0 bridgehead atoms. The van der Waals surface area contributed by atoms with Crippen LogP contribution in [0.2, 0.25) is 0 Å². The molecule has 7 heteroatoms. The third kappa shape index (κ3) is 4.06. The van der Waals surface area contributed by atoms with Crippen LogP contribution in [-0.2, 0) is 16.6 Å². The summed E-state index contributed by atoms with van der Waals surface area (Å²) in [5.41, 5.74) is 7.67.